The van der Waals surface area contributed by atoms with Gasteiger partial charge >= 0.3 is 6.01 Å². The number of piperazine rings is 1. The van der Waals surface area contributed by atoms with Gasteiger partial charge in [-0.25, -0.2) is 13.8 Å². The highest BCUT2D eigenvalue weighted by atomic mass is 32.1. The van der Waals surface area contributed by atoms with Gasteiger partial charge in [0.15, 0.2) is 5.82 Å². The summed E-state index contributed by atoms with van der Waals surface area (Å²) in [7, 11) is 1.43. The Morgan fingerprint density at radius 2 is 1.76 bits per heavy atom. The second kappa shape index (κ2) is 23.8. The third-order valence-corrected chi connectivity index (χ3v) is 16.4. The molecule has 0 radical (unpaired) electrons. The molecule has 12 rings (SSSR count). The van der Waals surface area contributed by atoms with Crippen LogP contribution in [0.5, 0.6) is 17.6 Å². The fourth-order valence-corrected chi connectivity index (χ4v) is 12.6. The number of nitrogens with one attached hydrogen (secondary N) is 2. The molecule has 16 nitrogen and oxygen atoms in total. The minimum absolute atomic E-state index is 0.0258. The summed E-state index contributed by atoms with van der Waals surface area (Å²) in [5.74, 6) is 2.05. The van der Waals surface area contributed by atoms with Gasteiger partial charge in [-0.1, -0.05) is 56.5 Å². The molecule has 9 heterocycles. The lowest BCUT2D eigenvalue weighted by Crippen LogP contribution is -2.51. The van der Waals surface area contributed by atoms with Crippen molar-refractivity contribution in [3.8, 4) is 51.7 Å². The van der Waals surface area contributed by atoms with E-state index in [0.29, 0.717) is 72.0 Å². The topological polar surface area (TPSA) is 184 Å². The molecule has 2 amide bonds. The third kappa shape index (κ3) is 11.3. The van der Waals surface area contributed by atoms with Crippen molar-refractivity contribution in [3.63, 3.8) is 0 Å². The molecule has 3 N–H and O–H groups in total. The normalized spacial score (nSPS) is 20.9. The van der Waals surface area contributed by atoms with E-state index in [1.165, 1.54) is 63.3 Å². The highest BCUT2D eigenvalue weighted by Gasteiger charge is 2.38. The number of likely N-dealkylation sites (tertiary alicyclic amines) is 1. The molecule has 5 aliphatic rings. The molecule has 408 valence electrons. The zero-order valence-corrected chi connectivity index (χ0v) is 45.5. The van der Waals surface area contributed by atoms with Crippen molar-refractivity contribution in [1.82, 2.24) is 45.5 Å². The highest BCUT2D eigenvalue weighted by molar-refractivity contribution is 7.13. The van der Waals surface area contributed by atoms with E-state index in [9.17, 15) is 19.1 Å². The second-order valence-corrected chi connectivity index (χ2v) is 21.7. The first-order valence-electron chi connectivity index (χ1n) is 27.1. The zero-order chi connectivity index (χ0) is 54.6. The summed E-state index contributed by atoms with van der Waals surface area (Å²) in [5, 5.41) is 22.2. The van der Waals surface area contributed by atoms with Gasteiger partial charge < -0.3 is 39.5 Å². The number of pyridine rings is 1. The van der Waals surface area contributed by atoms with Gasteiger partial charge in [-0.3, -0.25) is 19.5 Å². The minimum Gasteiger partial charge on any atom is -0.508 e. The molecule has 0 saturated carbocycles. The maximum absolute atomic E-state index is 16.1. The van der Waals surface area contributed by atoms with Gasteiger partial charge in [0.1, 0.15) is 47.0 Å². The van der Waals surface area contributed by atoms with Crippen LogP contribution in [-0.4, -0.2) is 122 Å². The molecule has 2 bridgehead atoms. The summed E-state index contributed by atoms with van der Waals surface area (Å²) in [6.45, 7) is 12.0. The van der Waals surface area contributed by atoms with Gasteiger partial charge in [-0.05, 0) is 112 Å². The average Bonchev–Trinajstić information content (AvgIpc) is 4.45. The van der Waals surface area contributed by atoms with Crippen LogP contribution in [0.15, 0.2) is 70.8 Å². The number of benzene rings is 3. The zero-order valence-electron chi connectivity index (χ0n) is 44.7. The number of phenolic OH excluding ortho intramolecular Hbond substituents is 1. The first-order valence-corrected chi connectivity index (χ1v) is 28.0. The van der Waals surface area contributed by atoms with Gasteiger partial charge in [-0.15, -0.1) is 17.8 Å². The molecular weight excluding hydrogens is 1010 g/mol. The van der Waals surface area contributed by atoms with E-state index in [-0.39, 0.29) is 63.8 Å². The van der Waals surface area contributed by atoms with Crippen molar-refractivity contribution in [2.45, 2.75) is 128 Å². The number of terminal acetylenes is 1. The Labute approximate surface area is 456 Å². The standard InChI is InChI=1S/C30H37N5O4S.C26H21F2N5O2.C3H8/c1-19(21-7-9-22(10-8-21)29-20(2)31-18-40-29)32-30(37)26-6-4-14-35(26)28(36)16-25-15-27(33-39-25)38-17-24-12-11-23-5-3-13-34(23)24;1-3-17-20(27)7-4-13-8-16(34)9-18(21(13)17)23-22(28)24-19(10-29-23)25(32-26(31-24)35-2)33-11-14-5-6-15(12-33)30-14;1-3-2/h7-10,15,18-19,23-24,26H,3-6,11-14,16-17H2,1-2H3,(H,32,37);1,4,7-10,14-15,30,34H,5-6,11-12H2,2H3;3H2,1-2H3. The van der Waals surface area contributed by atoms with Crippen LogP contribution in [0.4, 0.5) is 14.6 Å². The number of rotatable bonds is 12. The Bertz CT molecular complexity index is 3340. The van der Waals surface area contributed by atoms with E-state index in [0.717, 1.165) is 67.0 Å². The third-order valence-electron chi connectivity index (χ3n) is 15.5. The summed E-state index contributed by atoms with van der Waals surface area (Å²) >= 11 is 1.62. The van der Waals surface area contributed by atoms with E-state index in [4.69, 9.17) is 20.4 Å². The number of fused-ring (bicyclic) bond motifs is 5. The Balaban J connectivity index is 0.000000169. The van der Waals surface area contributed by atoms with Gasteiger partial charge in [0.25, 0.3) is 5.88 Å². The Morgan fingerprint density at radius 1 is 0.987 bits per heavy atom. The smallest absolute Gasteiger partial charge is 0.318 e. The van der Waals surface area contributed by atoms with Crippen molar-refractivity contribution in [2.24, 2.45) is 0 Å². The SMILES string of the molecule is C#Cc1c(F)ccc2cc(O)cc(-c3ncc4c(N5CC6CCC(C5)N6)nc(OC)nc4c3F)c12.CCC.Cc1ncsc1-c1ccc(C(C)NC(=O)C2CCCN2C(=O)Cc2cc(OCC3CCC4CCCN43)no2)cc1. The number of halogens is 2. The van der Waals surface area contributed by atoms with Crippen molar-refractivity contribution in [2.75, 3.05) is 44.8 Å². The quantitative estimate of drug-likeness (QED) is 0.0983. The average molecular weight is 1080 g/mol. The van der Waals surface area contributed by atoms with Gasteiger partial charge in [0.2, 0.25) is 11.8 Å². The number of anilines is 1. The molecular formula is C59H66F2N10O6S. The molecule has 5 saturated heterocycles. The van der Waals surface area contributed by atoms with Crippen molar-refractivity contribution >= 4 is 50.6 Å². The largest absolute Gasteiger partial charge is 0.508 e. The van der Waals surface area contributed by atoms with Crippen LogP contribution in [0.2, 0.25) is 0 Å². The number of methoxy groups -OCH3 is 1. The van der Waals surface area contributed by atoms with Crippen LogP contribution < -0.4 is 25.0 Å². The second-order valence-electron chi connectivity index (χ2n) is 20.9. The first-order chi connectivity index (χ1) is 37.8. The summed E-state index contributed by atoms with van der Waals surface area (Å²) in [4.78, 5) is 51.4. The summed E-state index contributed by atoms with van der Waals surface area (Å²) < 4.78 is 47.3. The maximum atomic E-state index is 16.1. The van der Waals surface area contributed by atoms with Crippen molar-refractivity contribution in [3.05, 3.63) is 101 Å². The molecule has 3 aromatic carbocycles. The Hall–Kier alpha value is -7.27. The molecule has 19 heteroatoms. The lowest BCUT2D eigenvalue weighted by Gasteiger charge is -2.34. The van der Waals surface area contributed by atoms with Crippen LogP contribution in [-0.2, 0) is 16.0 Å². The number of hydrogen-bond donors (Lipinski definition) is 3. The lowest BCUT2D eigenvalue weighted by molar-refractivity contribution is -0.138. The number of phenols is 1. The molecule has 6 unspecified atom stereocenters. The van der Waals surface area contributed by atoms with Gasteiger partial charge in [-0.2, -0.15) is 9.97 Å². The van der Waals surface area contributed by atoms with Crippen LogP contribution in [0.1, 0.15) is 107 Å². The van der Waals surface area contributed by atoms with Gasteiger partial charge in [0, 0.05) is 67.0 Å². The number of carbonyl (C=O) groups is 2. The number of hydrogen-bond acceptors (Lipinski definition) is 15. The maximum Gasteiger partial charge on any atom is 0.318 e. The number of nitrogens with zero attached hydrogens (tertiary/aromatic N) is 8. The van der Waals surface area contributed by atoms with Crippen molar-refractivity contribution < 1.29 is 37.5 Å². The highest BCUT2D eigenvalue weighted by Crippen LogP contribution is 2.40. The predicted molar refractivity (Wildman–Crippen MR) is 296 cm³/mol. The molecule has 4 aromatic heterocycles. The molecule has 6 atom stereocenters. The Morgan fingerprint density at radius 3 is 2.49 bits per heavy atom. The van der Waals surface area contributed by atoms with Crippen molar-refractivity contribution in [1.29, 1.82) is 0 Å². The lowest BCUT2D eigenvalue weighted by atomic mass is 9.96. The number of aromatic hydroxyl groups is 1. The number of aryl methyl sites for hydroxylation is 1. The molecule has 5 aliphatic heterocycles. The van der Waals surface area contributed by atoms with Crippen LogP contribution in [0.3, 0.4) is 0 Å². The molecule has 7 aromatic rings. The molecule has 5 fully saturated rings. The number of ether oxygens (including phenoxy) is 2. The minimum atomic E-state index is -0.735. The van der Waals surface area contributed by atoms with E-state index >= 15 is 4.39 Å². The van der Waals surface area contributed by atoms with Crippen LogP contribution >= 0.6 is 11.3 Å². The number of aromatic nitrogens is 5. The summed E-state index contributed by atoms with van der Waals surface area (Å²) in [6.07, 6.45) is 17.0. The Kier molecular flexibility index (Phi) is 16.5. The van der Waals surface area contributed by atoms with E-state index < -0.39 is 17.7 Å². The first kappa shape index (κ1) is 54.1. The number of thiazole rings is 1. The predicted octanol–water partition coefficient (Wildman–Crippen LogP) is 9.70. The van der Waals surface area contributed by atoms with Gasteiger partial charge in [0.05, 0.1) is 46.6 Å². The number of amides is 2. The molecule has 0 spiro atoms. The summed E-state index contributed by atoms with van der Waals surface area (Å²) in [5.41, 5.74) is 5.07. The van der Waals surface area contributed by atoms with Crippen LogP contribution in [0, 0.1) is 30.9 Å². The molecule has 0 aliphatic carbocycles. The van der Waals surface area contributed by atoms with E-state index in [1.807, 2.05) is 31.5 Å². The fraction of sp³-hybridized carbons (Fsp3) is 0.441. The van der Waals surface area contributed by atoms with E-state index in [2.05, 4.69) is 77.4 Å². The monoisotopic (exact) mass is 1080 g/mol. The van der Waals surface area contributed by atoms with Crippen LogP contribution in [0.25, 0.3) is 43.4 Å². The molecule has 78 heavy (non-hydrogen) atoms. The fourth-order valence-electron chi connectivity index (χ4n) is 11.8. The number of carbonyl (C=O) groups excluding carboxylic acids is 2. The van der Waals surface area contributed by atoms with E-state index in [1.54, 1.807) is 22.3 Å². The summed E-state index contributed by atoms with van der Waals surface area (Å²) in [6, 6.07) is 16.6.